The summed E-state index contributed by atoms with van der Waals surface area (Å²) >= 11 is 1.96. The summed E-state index contributed by atoms with van der Waals surface area (Å²) in [5.41, 5.74) is 1.18. The molecule has 0 radical (unpaired) electrons. The second-order valence-corrected chi connectivity index (χ2v) is 7.33. The number of aromatic nitrogens is 2. The maximum Gasteiger partial charge on any atom is 0.227 e. The van der Waals surface area contributed by atoms with E-state index in [-0.39, 0.29) is 11.8 Å². The van der Waals surface area contributed by atoms with Crippen molar-refractivity contribution in [3.63, 3.8) is 0 Å². The number of hydrogen-bond acceptors (Lipinski definition) is 4. The number of rotatable bonds is 2. The molecule has 3 atom stereocenters. The lowest BCUT2D eigenvalue weighted by Gasteiger charge is -2.33. The molecular weight excluding hydrogens is 272 g/mol. The fraction of sp³-hybridized carbons (Fsp3) is 0.714. The van der Waals surface area contributed by atoms with Crippen LogP contribution < -0.4 is 5.32 Å². The van der Waals surface area contributed by atoms with E-state index in [1.807, 2.05) is 35.9 Å². The van der Waals surface area contributed by atoms with Gasteiger partial charge in [0.15, 0.2) is 0 Å². The Hall–Kier alpha value is -1.01. The third-order valence-corrected chi connectivity index (χ3v) is 5.37. The summed E-state index contributed by atoms with van der Waals surface area (Å²) in [6.07, 6.45) is 3.93. The quantitative estimate of drug-likeness (QED) is 0.872. The number of carbonyl (C=O) groups excluding carboxylic acids is 1. The molecule has 2 saturated heterocycles. The minimum atomic E-state index is 0.0644. The Morgan fingerprint density at radius 3 is 3.05 bits per heavy atom. The predicted molar refractivity (Wildman–Crippen MR) is 80.8 cm³/mol. The van der Waals surface area contributed by atoms with Crippen LogP contribution in [-0.4, -0.2) is 57.8 Å². The van der Waals surface area contributed by atoms with Crippen LogP contribution >= 0.6 is 11.8 Å². The van der Waals surface area contributed by atoms with Gasteiger partial charge in [-0.15, -0.1) is 0 Å². The maximum atomic E-state index is 12.8. The summed E-state index contributed by atoms with van der Waals surface area (Å²) in [6, 6.07) is 0. The lowest BCUT2D eigenvalue weighted by atomic mass is 9.89. The molecule has 3 rings (SSSR count). The van der Waals surface area contributed by atoms with E-state index in [4.69, 9.17) is 0 Å². The Bertz CT molecular complexity index is 489. The molecule has 2 aliphatic rings. The van der Waals surface area contributed by atoms with Crippen molar-refractivity contribution in [3.8, 4) is 0 Å². The first-order valence-corrected chi connectivity index (χ1v) is 8.29. The van der Waals surface area contributed by atoms with Crippen molar-refractivity contribution in [3.05, 3.63) is 18.0 Å². The van der Waals surface area contributed by atoms with E-state index in [0.29, 0.717) is 11.2 Å². The standard InChI is InChI=1S/C14H22N4OS/c1-10-8-18(3-4-20-10)14(19)13-7-15-6-12(13)11-5-16-17(2)9-11/h5,9-10,12-13,15H,3-4,6-8H2,1-2H3/t10?,12-,13+/m1/s1. The Morgan fingerprint density at radius 2 is 2.35 bits per heavy atom. The van der Waals surface area contributed by atoms with Crippen LogP contribution in [0.5, 0.6) is 0 Å². The lowest BCUT2D eigenvalue weighted by molar-refractivity contribution is -0.135. The van der Waals surface area contributed by atoms with Crippen molar-refractivity contribution in [1.29, 1.82) is 0 Å². The van der Waals surface area contributed by atoms with Gasteiger partial charge in [0, 0.05) is 56.3 Å². The molecule has 5 nitrogen and oxygen atoms in total. The average molecular weight is 294 g/mol. The predicted octanol–water partition coefficient (Wildman–Crippen LogP) is 0.687. The zero-order valence-corrected chi connectivity index (χ0v) is 12.9. The van der Waals surface area contributed by atoms with Crippen molar-refractivity contribution in [2.24, 2.45) is 13.0 Å². The lowest BCUT2D eigenvalue weighted by Crippen LogP contribution is -2.45. The SMILES string of the molecule is CC1CN(C(=O)[C@H]2CNC[C@@H]2c2cnn(C)c2)CCS1. The van der Waals surface area contributed by atoms with Crippen molar-refractivity contribution in [2.45, 2.75) is 18.1 Å². The largest absolute Gasteiger partial charge is 0.340 e. The van der Waals surface area contributed by atoms with Crippen molar-refractivity contribution >= 4 is 17.7 Å². The average Bonchev–Trinajstić information content (AvgIpc) is 3.06. The number of thioether (sulfide) groups is 1. The Morgan fingerprint density at radius 1 is 1.50 bits per heavy atom. The highest BCUT2D eigenvalue weighted by molar-refractivity contribution is 7.99. The van der Waals surface area contributed by atoms with E-state index in [9.17, 15) is 4.79 Å². The summed E-state index contributed by atoms with van der Waals surface area (Å²) < 4.78 is 1.81. The maximum absolute atomic E-state index is 12.8. The molecular formula is C14H22N4OS. The highest BCUT2D eigenvalue weighted by Gasteiger charge is 2.37. The molecule has 1 unspecified atom stereocenters. The number of nitrogens with zero attached hydrogens (tertiary/aromatic N) is 3. The molecule has 0 saturated carbocycles. The molecule has 0 bridgehead atoms. The fourth-order valence-corrected chi connectivity index (χ4v) is 4.19. The van der Waals surface area contributed by atoms with Gasteiger partial charge in [0.05, 0.1) is 12.1 Å². The Labute approximate surface area is 124 Å². The van der Waals surface area contributed by atoms with E-state index in [1.54, 1.807) is 0 Å². The van der Waals surface area contributed by atoms with Crippen molar-refractivity contribution < 1.29 is 4.79 Å². The minimum Gasteiger partial charge on any atom is -0.340 e. The number of nitrogens with one attached hydrogen (secondary N) is 1. The van der Waals surface area contributed by atoms with Gasteiger partial charge in [-0.05, 0) is 5.56 Å². The molecule has 1 aromatic heterocycles. The third kappa shape index (κ3) is 2.72. The molecule has 2 fully saturated rings. The van der Waals surface area contributed by atoms with Crippen LogP contribution in [0.4, 0.5) is 0 Å². The molecule has 1 amide bonds. The number of amides is 1. The summed E-state index contributed by atoms with van der Waals surface area (Å²) in [6.45, 7) is 5.65. The van der Waals surface area contributed by atoms with E-state index in [2.05, 4.69) is 22.2 Å². The first-order chi connectivity index (χ1) is 9.65. The Kier molecular flexibility index (Phi) is 4.03. The molecule has 0 aliphatic carbocycles. The van der Waals surface area contributed by atoms with E-state index in [0.717, 1.165) is 31.9 Å². The van der Waals surface area contributed by atoms with Gasteiger partial charge in [0.1, 0.15) is 0 Å². The highest BCUT2D eigenvalue weighted by Crippen LogP contribution is 2.30. The van der Waals surface area contributed by atoms with Gasteiger partial charge in [-0.3, -0.25) is 9.48 Å². The van der Waals surface area contributed by atoms with Crippen LogP contribution in [0.15, 0.2) is 12.4 Å². The van der Waals surface area contributed by atoms with Gasteiger partial charge in [-0.1, -0.05) is 6.92 Å². The van der Waals surface area contributed by atoms with Crippen LogP contribution in [0.3, 0.4) is 0 Å². The normalized spacial score (nSPS) is 30.7. The second kappa shape index (κ2) is 5.77. The van der Waals surface area contributed by atoms with E-state index in [1.165, 1.54) is 5.56 Å². The second-order valence-electron chi connectivity index (χ2n) is 5.78. The molecule has 1 N–H and O–H groups in total. The van der Waals surface area contributed by atoms with Gasteiger partial charge in [0.2, 0.25) is 5.91 Å². The first-order valence-electron chi connectivity index (χ1n) is 7.25. The molecule has 0 aromatic carbocycles. The molecule has 6 heteroatoms. The van der Waals surface area contributed by atoms with Crippen LogP contribution in [0, 0.1) is 5.92 Å². The van der Waals surface area contributed by atoms with Crippen LogP contribution in [0.1, 0.15) is 18.4 Å². The molecule has 3 heterocycles. The molecule has 110 valence electrons. The van der Waals surface area contributed by atoms with E-state index >= 15 is 0 Å². The third-order valence-electron chi connectivity index (χ3n) is 4.24. The zero-order valence-electron chi connectivity index (χ0n) is 12.1. The number of hydrogen-bond donors (Lipinski definition) is 1. The van der Waals surface area contributed by atoms with Gasteiger partial charge < -0.3 is 10.2 Å². The minimum absolute atomic E-state index is 0.0644. The summed E-state index contributed by atoms with van der Waals surface area (Å²) in [4.78, 5) is 14.8. The molecule has 0 spiro atoms. The first kappa shape index (κ1) is 13.9. The zero-order chi connectivity index (χ0) is 14.1. The molecule has 1 aromatic rings. The van der Waals surface area contributed by atoms with Gasteiger partial charge in [-0.2, -0.15) is 16.9 Å². The van der Waals surface area contributed by atoms with Crippen molar-refractivity contribution in [1.82, 2.24) is 20.0 Å². The van der Waals surface area contributed by atoms with Crippen LogP contribution in [0.25, 0.3) is 0 Å². The smallest absolute Gasteiger partial charge is 0.227 e. The summed E-state index contributed by atoms with van der Waals surface area (Å²) in [7, 11) is 1.92. The van der Waals surface area contributed by atoms with Gasteiger partial charge in [0.25, 0.3) is 0 Å². The summed E-state index contributed by atoms with van der Waals surface area (Å²) in [5, 5.41) is 8.17. The fourth-order valence-electron chi connectivity index (χ4n) is 3.17. The topological polar surface area (TPSA) is 50.2 Å². The summed E-state index contributed by atoms with van der Waals surface area (Å²) in [5.74, 6) is 1.71. The number of aryl methyl sites for hydroxylation is 1. The molecule has 20 heavy (non-hydrogen) atoms. The van der Waals surface area contributed by atoms with Gasteiger partial charge >= 0.3 is 0 Å². The Balaban J connectivity index is 1.73. The highest BCUT2D eigenvalue weighted by atomic mass is 32.2. The monoisotopic (exact) mass is 294 g/mol. The van der Waals surface area contributed by atoms with Crippen LogP contribution in [0.2, 0.25) is 0 Å². The number of carbonyl (C=O) groups is 1. The van der Waals surface area contributed by atoms with Crippen molar-refractivity contribution in [2.75, 3.05) is 31.9 Å². The van der Waals surface area contributed by atoms with E-state index < -0.39 is 0 Å². The molecule has 2 aliphatic heterocycles. The van der Waals surface area contributed by atoms with Crippen LogP contribution in [-0.2, 0) is 11.8 Å². The van der Waals surface area contributed by atoms with Gasteiger partial charge in [-0.25, -0.2) is 0 Å².